The lowest BCUT2D eigenvalue weighted by Crippen LogP contribution is -2.46. The summed E-state index contributed by atoms with van der Waals surface area (Å²) in [5.74, 6) is 0.707. The van der Waals surface area contributed by atoms with Crippen LogP contribution in [0.15, 0.2) is 24.3 Å². The van der Waals surface area contributed by atoms with Crippen LogP contribution in [0.25, 0.3) is 0 Å². The van der Waals surface area contributed by atoms with Crippen molar-refractivity contribution in [2.24, 2.45) is 5.73 Å². The summed E-state index contributed by atoms with van der Waals surface area (Å²) in [7, 11) is 0. The van der Waals surface area contributed by atoms with Gasteiger partial charge in [0.1, 0.15) is 6.10 Å². The molecule has 0 aliphatic carbocycles. The van der Waals surface area contributed by atoms with E-state index in [1.807, 2.05) is 12.1 Å². The van der Waals surface area contributed by atoms with Crippen LogP contribution in [-0.2, 0) is 4.79 Å². The molecule has 2 unspecified atom stereocenters. The molecule has 1 aromatic rings. The first-order valence-electron chi connectivity index (χ1n) is 4.40. The molecular weight excluding hydrogens is 182 g/mol. The maximum atomic E-state index is 11.0. The number of hydrogen-bond acceptors (Lipinski definition) is 3. The van der Waals surface area contributed by atoms with E-state index in [9.17, 15) is 4.79 Å². The highest BCUT2D eigenvalue weighted by Gasteiger charge is 2.32. The van der Waals surface area contributed by atoms with E-state index >= 15 is 0 Å². The fraction of sp³-hybridized carbons (Fsp3) is 0.300. The van der Waals surface area contributed by atoms with E-state index in [1.165, 1.54) is 0 Å². The second-order valence-electron chi connectivity index (χ2n) is 3.21. The highest BCUT2D eigenvalue weighted by Crippen LogP contribution is 2.33. The Morgan fingerprint density at radius 1 is 1.29 bits per heavy atom. The summed E-state index contributed by atoms with van der Waals surface area (Å²) in [6, 6.07) is 7.20. The molecule has 4 nitrogen and oxygen atoms in total. The van der Waals surface area contributed by atoms with Crippen molar-refractivity contribution in [3.05, 3.63) is 24.3 Å². The summed E-state index contributed by atoms with van der Waals surface area (Å²) in [4.78, 5) is 11.0. The molecule has 0 fully saturated rings. The zero-order valence-electron chi connectivity index (χ0n) is 7.77. The van der Waals surface area contributed by atoms with Crippen molar-refractivity contribution in [1.29, 1.82) is 0 Å². The van der Waals surface area contributed by atoms with Crippen LogP contribution in [0.3, 0.4) is 0 Å². The Kier molecular flexibility index (Phi) is 2.04. The molecule has 74 valence electrons. The van der Waals surface area contributed by atoms with Crippen LogP contribution in [-0.4, -0.2) is 18.1 Å². The molecule has 0 spiro atoms. The average molecular weight is 193 g/mol. The third kappa shape index (κ3) is 1.39. The number of fused-ring (bicyclic) bond motifs is 1. The largest absolute Gasteiger partial charge is 0.482 e. The fourth-order valence-electron chi connectivity index (χ4n) is 1.43. The van der Waals surface area contributed by atoms with Gasteiger partial charge in [-0.2, -0.15) is 0 Å². The summed E-state index contributed by atoms with van der Waals surface area (Å²) < 4.78 is 10.9. The van der Waals surface area contributed by atoms with Gasteiger partial charge in [0.15, 0.2) is 11.5 Å². The molecular formula is C10H11NO3. The Morgan fingerprint density at radius 3 is 2.43 bits per heavy atom. The second-order valence-corrected chi connectivity index (χ2v) is 3.21. The van der Waals surface area contributed by atoms with Gasteiger partial charge in [-0.15, -0.1) is 0 Å². The number of nitrogens with two attached hydrogens (primary N) is 1. The first-order chi connectivity index (χ1) is 6.68. The minimum Gasteiger partial charge on any atom is -0.482 e. The van der Waals surface area contributed by atoms with Gasteiger partial charge < -0.3 is 15.2 Å². The van der Waals surface area contributed by atoms with Crippen LogP contribution in [0.2, 0.25) is 0 Å². The Hall–Kier alpha value is -1.71. The molecule has 2 rings (SSSR count). The summed E-state index contributed by atoms with van der Waals surface area (Å²) in [6.07, 6.45) is -1.05. The molecule has 1 aliphatic rings. The van der Waals surface area contributed by atoms with Crippen LogP contribution in [0.1, 0.15) is 6.92 Å². The van der Waals surface area contributed by atoms with E-state index in [4.69, 9.17) is 15.2 Å². The van der Waals surface area contributed by atoms with E-state index in [1.54, 1.807) is 19.1 Å². The van der Waals surface area contributed by atoms with Crippen molar-refractivity contribution in [2.45, 2.75) is 19.1 Å². The molecule has 4 heteroatoms. The number of ether oxygens (including phenoxy) is 2. The minimum absolute atomic E-state index is 0.345. The number of benzene rings is 1. The first kappa shape index (κ1) is 8.87. The van der Waals surface area contributed by atoms with Gasteiger partial charge in [-0.25, -0.2) is 0 Å². The molecule has 14 heavy (non-hydrogen) atoms. The molecule has 0 saturated heterocycles. The van der Waals surface area contributed by atoms with Crippen LogP contribution in [0.5, 0.6) is 11.5 Å². The Balaban J connectivity index is 2.31. The Labute approximate surface area is 81.6 Å². The lowest BCUT2D eigenvalue weighted by Gasteiger charge is -2.29. The van der Waals surface area contributed by atoms with Gasteiger partial charge in [0.05, 0.1) is 0 Å². The molecule has 1 aliphatic heterocycles. The van der Waals surface area contributed by atoms with Crippen molar-refractivity contribution in [3.63, 3.8) is 0 Å². The standard InChI is InChI=1S/C10H11NO3/c1-6-9(10(11)12)14-8-5-3-2-4-7(8)13-6/h2-6,9H,1H3,(H2,11,12). The van der Waals surface area contributed by atoms with E-state index in [-0.39, 0.29) is 6.10 Å². The molecule has 1 heterocycles. The van der Waals surface area contributed by atoms with Crippen molar-refractivity contribution < 1.29 is 14.3 Å². The molecule has 1 aromatic carbocycles. The smallest absolute Gasteiger partial charge is 0.262 e. The normalized spacial score (nSPS) is 24.4. The molecule has 0 bridgehead atoms. The van der Waals surface area contributed by atoms with Gasteiger partial charge in [0, 0.05) is 0 Å². The molecule has 0 radical (unpaired) electrons. The predicted octanol–water partition coefficient (Wildman–Crippen LogP) is 0.700. The van der Waals surface area contributed by atoms with Crippen molar-refractivity contribution in [2.75, 3.05) is 0 Å². The predicted molar refractivity (Wildman–Crippen MR) is 50.1 cm³/mol. The number of carbonyl (C=O) groups is 1. The van der Waals surface area contributed by atoms with Gasteiger partial charge in [-0.1, -0.05) is 12.1 Å². The summed E-state index contributed by atoms with van der Waals surface area (Å²) >= 11 is 0. The minimum atomic E-state index is -0.704. The number of carbonyl (C=O) groups excluding carboxylic acids is 1. The number of rotatable bonds is 1. The number of hydrogen-bond donors (Lipinski definition) is 1. The third-order valence-corrected chi connectivity index (χ3v) is 2.12. The van der Waals surface area contributed by atoms with Gasteiger partial charge >= 0.3 is 0 Å². The molecule has 2 atom stereocenters. The van der Waals surface area contributed by atoms with E-state index < -0.39 is 12.0 Å². The monoisotopic (exact) mass is 193 g/mol. The zero-order valence-corrected chi connectivity index (χ0v) is 7.77. The highest BCUT2D eigenvalue weighted by atomic mass is 16.6. The summed E-state index contributed by atoms with van der Waals surface area (Å²) in [5, 5.41) is 0. The highest BCUT2D eigenvalue weighted by molar-refractivity contribution is 5.80. The molecule has 2 N–H and O–H groups in total. The van der Waals surface area contributed by atoms with Gasteiger partial charge in [0.2, 0.25) is 6.10 Å². The maximum absolute atomic E-state index is 11.0. The first-order valence-corrected chi connectivity index (χ1v) is 4.40. The van der Waals surface area contributed by atoms with Crippen LogP contribution >= 0.6 is 0 Å². The molecule has 1 amide bonds. The van der Waals surface area contributed by atoms with Crippen LogP contribution in [0, 0.1) is 0 Å². The van der Waals surface area contributed by atoms with Crippen LogP contribution in [0.4, 0.5) is 0 Å². The van der Waals surface area contributed by atoms with E-state index in [0.29, 0.717) is 11.5 Å². The third-order valence-electron chi connectivity index (χ3n) is 2.12. The summed E-state index contributed by atoms with van der Waals surface area (Å²) in [6.45, 7) is 1.76. The maximum Gasteiger partial charge on any atom is 0.262 e. The van der Waals surface area contributed by atoms with E-state index in [2.05, 4.69) is 0 Å². The van der Waals surface area contributed by atoms with E-state index in [0.717, 1.165) is 0 Å². The average Bonchev–Trinajstić information content (AvgIpc) is 2.16. The topological polar surface area (TPSA) is 61.6 Å². The quantitative estimate of drug-likeness (QED) is 0.714. The second kappa shape index (κ2) is 3.21. The molecule has 0 aromatic heterocycles. The lowest BCUT2D eigenvalue weighted by atomic mass is 10.2. The summed E-state index contributed by atoms with van der Waals surface area (Å²) in [5.41, 5.74) is 5.17. The van der Waals surface area contributed by atoms with Crippen molar-refractivity contribution in [3.8, 4) is 11.5 Å². The zero-order chi connectivity index (χ0) is 10.1. The number of amides is 1. The van der Waals surface area contributed by atoms with Crippen molar-refractivity contribution >= 4 is 5.91 Å². The van der Waals surface area contributed by atoms with Gasteiger partial charge in [0.25, 0.3) is 5.91 Å². The van der Waals surface area contributed by atoms with Crippen LogP contribution < -0.4 is 15.2 Å². The lowest BCUT2D eigenvalue weighted by molar-refractivity contribution is -0.130. The van der Waals surface area contributed by atoms with Gasteiger partial charge in [-0.3, -0.25) is 4.79 Å². The Bertz CT molecular complexity index is 364. The SMILES string of the molecule is CC1Oc2ccccc2OC1C(N)=O. The fourth-order valence-corrected chi connectivity index (χ4v) is 1.43. The number of primary amides is 1. The van der Waals surface area contributed by atoms with Crippen molar-refractivity contribution in [1.82, 2.24) is 0 Å². The Morgan fingerprint density at radius 2 is 1.86 bits per heavy atom. The number of para-hydroxylation sites is 2. The molecule has 0 saturated carbocycles. The van der Waals surface area contributed by atoms with Gasteiger partial charge in [-0.05, 0) is 19.1 Å².